The van der Waals surface area contributed by atoms with Gasteiger partial charge in [-0.1, -0.05) is 13.8 Å². The van der Waals surface area contributed by atoms with Crippen LogP contribution in [0.4, 0.5) is 5.69 Å². The van der Waals surface area contributed by atoms with Crippen molar-refractivity contribution in [2.24, 2.45) is 7.05 Å². The predicted molar refractivity (Wildman–Crippen MR) is 120 cm³/mol. The lowest BCUT2D eigenvalue weighted by Crippen LogP contribution is -2.30. The maximum absolute atomic E-state index is 13.0. The Hall–Kier alpha value is -3.27. The second-order valence-electron chi connectivity index (χ2n) is 8.28. The molecule has 1 amide bonds. The van der Waals surface area contributed by atoms with Gasteiger partial charge in [0.1, 0.15) is 16.8 Å². The van der Waals surface area contributed by atoms with Crippen molar-refractivity contribution in [1.29, 1.82) is 0 Å². The number of aryl methyl sites for hydroxylation is 1. The fourth-order valence-electron chi connectivity index (χ4n) is 3.65. The molecule has 3 aromatic heterocycles. The van der Waals surface area contributed by atoms with E-state index in [2.05, 4.69) is 15.4 Å². The number of carbonyl (C=O) groups excluding carboxylic acids is 1. The Labute approximate surface area is 180 Å². The van der Waals surface area contributed by atoms with Crippen LogP contribution in [-0.4, -0.2) is 30.2 Å². The van der Waals surface area contributed by atoms with Gasteiger partial charge in [-0.05, 0) is 37.0 Å². The summed E-state index contributed by atoms with van der Waals surface area (Å²) in [4.78, 5) is 44.9. The fourth-order valence-corrected chi connectivity index (χ4v) is 4.84. The molecule has 1 fully saturated rings. The van der Waals surface area contributed by atoms with Crippen LogP contribution in [0.1, 0.15) is 49.2 Å². The van der Waals surface area contributed by atoms with Gasteiger partial charge in [0, 0.05) is 18.7 Å². The van der Waals surface area contributed by atoms with Crippen LogP contribution in [0, 0.1) is 0 Å². The van der Waals surface area contributed by atoms with Crippen LogP contribution in [-0.2, 0) is 18.4 Å². The Morgan fingerprint density at radius 3 is 2.81 bits per heavy atom. The predicted octanol–water partition coefficient (Wildman–Crippen LogP) is 2.67. The molecular formula is C21H22N6O3S. The Morgan fingerprint density at radius 1 is 1.32 bits per heavy atom. The SMILES string of the molecule is CC(C)c1nn(CC(=O)Nc2ccc3c(c2)[nH]c(=O)n3C)c(=O)c2sc(C3CC3)nc12. The highest BCUT2D eigenvalue weighted by Crippen LogP contribution is 2.43. The molecule has 10 heteroatoms. The van der Waals surface area contributed by atoms with E-state index in [0.717, 1.165) is 29.1 Å². The number of amides is 1. The van der Waals surface area contributed by atoms with Crippen molar-refractivity contribution in [1.82, 2.24) is 24.3 Å². The third kappa shape index (κ3) is 3.46. The number of imidazole rings is 1. The second kappa shape index (κ2) is 7.16. The van der Waals surface area contributed by atoms with Gasteiger partial charge in [-0.2, -0.15) is 5.10 Å². The number of rotatable bonds is 5. The number of aromatic amines is 1. The maximum atomic E-state index is 13.0. The van der Waals surface area contributed by atoms with Crippen LogP contribution in [0.5, 0.6) is 0 Å². The second-order valence-corrected chi connectivity index (χ2v) is 9.31. The van der Waals surface area contributed by atoms with Crippen molar-refractivity contribution in [3.05, 3.63) is 49.7 Å². The molecule has 3 heterocycles. The number of aromatic nitrogens is 5. The summed E-state index contributed by atoms with van der Waals surface area (Å²) in [5.41, 5.74) is 2.79. The van der Waals surface area contributed by atoms with Crippen molar-refractivity contribution < 1.29 is 4.79 Å². The molecule has 4 aromatic rings. The first-order valence-electron chi connectivity index (χ1n) is 10.2. The average molecular weight is 439 g/mol. The molecule has 160 valence electrons. The van der Waals surface area contributed by atoms with Crippen molar-refractivity contribution in [2.45, 2.75) is 45.1 Å². The van der Waals surface area contributed by atoms with Crippen molar-refractivity contribution in [3.8, 4) is 0 Å². The van der Waals surface area contributed by atoms with E-state index in [0.29, 0.717) is 27.3 Å². The van der Waals surface area contributed by atoms with Gasteiger partial charge in [-0.25, -0.2) is 14.5 Å². The molecule has 1 aromatic carbocycles. The largest absolute Gasteiger partial charge is 0.326 e. The standard InChI is InChI=1S/C21H22N6O3S/c1-10(2)16-17-18(31-19(24-17)11-4-5-11)20(29)27(25-16)9-15(28)22-12-6-7-14-13(8-12)23-21(30)26(14)3/h6-8,10-11H,4-5,9H2,1-3H3,(H,22,28)(H,23,30). The smallest absolute Gasteiger partial charge is 0.324 e. The van der Waals surface area contributed by atoms with Gasteiger partial charge in [0.2, 0.25) is 5.91 Å². The zero-order valence-corrected chi connectivity index (χ0v) is 18.2. The first-order chi connectivity index (χ1) is 14.8. The first-order valence-corrected chi connectivity index (χ1v) is 11.0. The normalized spacial score (nSPS) is 14.1. The first kappa shape index (κ1) is 19.7. The van der Waals surface area contributed by atoms with Crippen LogP contribution >= 0.6 is 11.3 Å². The summed E-state index contributed by atoms with van der Waals surface area (Å²) < 4.78 is 3.29. The maximum Gasteiger partial charge on any atom is 0.326 e. The average Bonchev–Trinajstić information content (AvgIpc) is 3.41. The van der Waals surface area contributed by atoms with Crippen LogP contribution < -0.4 is 16.6 Å². The Morgan fingerprint density at radius 2 is 2.10 bits per heavy atom. The number of hydrogen-bond acceptors (Lipinski definition) is 6. The zero-order chi connectivity index (χ0) is 21.9. The van der Waals surface area contributed by atoms with E-state index in [1.54, 1.807) is 25.2 Å². The molecule has 0 atom stereocenters. The molecule has 0 saturated heterocycles. The lowest BCUT2D eigenvalue weighted by atomic mass is 10.1. The highest BCUT2D eigenvalue weighted by Gasteiger charge is 2.29. The molecule has 1 saturated carbocycles. The Kier molecular flexibility index (Phi) is 4.54. The lowest BCUT2D eigenvalue weighted by molar-refractivity contribution is -0.117. The molecule has 2 N–H and O–H groups in total. The van der Waals surface area contributed by atoms with Gasteiger partial charge in [-0.15, -0.1) is 11.3 Å². The molecule has 0 aliphatic heterocycles. The fraction of sp³-hybridized carbons (Fsp3) is 0.381. The van der Waals surface area contributed by atoms with Gasteiger partial charge >= 0.3 is 5.69 Å². The third-order valence-electron chi connectivity index (χ3n) is 5.50. The van der Waals surface area contributed by atoms with E-state index in [1.807, 2.05) is 13.8 Å². The van der Waals surface area contributed by atoms with Gasteiger partial charge in [0.05, 0.1) is 21.7 Å². The minimum absolute atomic E-state index is 0.0730. The van der Waals surface area contributed by atoms with E-state index in [4.69, 9.17) is 4.98 Å². The van der Waals surface area contributed by atoms with Gasteiger partial charge in [0.25, 0.3) is 5.56 Å². The third-order valence-corrected chi connectivity index (χ3v) is 6.70. The zero-order valence-electron chi connectivity index (χ0n) is 17.4. The number of carbonyl (C=O) groups is 1. The van der Waals surface area contributed by atoms with Crippen LogP contribution in [0.25, 0.3) is 21.3 Å². The van der Waals surface area contributed by atoms with Crippen LogP contribution in [0.2, 0.25) is 0 Å². The number of nitrogens with zero attached hydrogens (tertiary/aromatic N) is 4. The van der Waals surface area contributed by atoms with E-state index in [1.165, 1.54) is 20.6 Å². The summed E-state index contributed by atoms with van der Waals surface area (Å²) in [6.45, 7) is 3.81. The number of fused-ring (bicyclic) bond motifs is 2. The molecule has 1 aliphatic carbocycles. The highest BCUT2D eigenvalue weighted by molar-refractivity contribution is 7.18. The highest BCUT2D eigenvalue weighted by atomic mass is 32.1. The van der Waals surface area contributed by atoms with Crippen molar-refractivity contribution in [2.75, 3.05) is 5.32 Å². The molecule has 9 nitrogen and oxygen atoms in total. The topological polar surface area (TPSA) is 115 Å². The van der Waals surface area contributed by atoms with E-state index < -0.39 is 0 Å². The molecular weight excluding hydrogens is 416 g/mol. The van der Waals surface area contributed by atoms with Gasteiger partial charge < -0.3 is 10.3 Å². The van der Waals surface area contributed by atoms with E-state index >= 15 is 0 Å². The van der Waals surface area contributed by atoms with Crippen LogP contribution in [0.3, 0.4) is 0 Å². The number of anilines is 1. The Bertz CT molecular complexity index is 1450. The van der Waals surface area contributed by atoms with E-state index in [9.17, 15) is 14.4 Å². The van der Waals surface area contributed by atoms with E-state index in [-0.39, 0.29) is 29.6 Å². The summed E-state index contributed by atoms with van der Waals surface area (Å²) in [6.07, 6.45) is 2.22. The number of hydrogen-bond donors (Lipinski definition) is 2. The minimum atomic E-state index is -0.367. The molecule has 0 radical (unpaired) electrons. The molecule has 31 heavy (non-hydrogen) atoms. The molecule has 1 aliphatic rings. The summed E-state index contributed by atoms with van der Waals surface area (Å²) >= 11 is 1.42. The monoisotopic (exact) mass is 438 g/mol. The summed E-state index contributed by atoms with van der Waals surface area (Å²) in [5, 5.41) is 8.25. The number of benzene rings is 1. The summed E-state index contributed by atoms with van der Waals surface area (Å²) in [7, 11) is 1.67. The van der Waals surface area contributed by atoms with Gasteiger partial charge in [-0.3, -0.25) is 14.2 Å². The van der Waals surface area contributed by atoms with Gasteiger partial charge in [0.15, 0.2) is 0 Å². The molecule has 5 rings (SSSR count). The lowest BCUT2D eigenvalue weighted by Gasteiger charge is -2.11. The molecule has 0 spiro atoms. The Balaban J connectivity index is 1.45. The number of H-pyrrole nitrogens is 1. The summed E-state index contributed by atoms with van der Waals surface area (Å²) in [6, 6.07) is 5.17. The van der Waals surface area contributed by atoms with Crippen molar-refractivity contribution >= 4 is 44.2 Å². The van der Waals surface area contributed by atoms with Crippen LogP contribution in [0.15, 0.2) is 27.8 Å². The molecule has 0 bridgehead atoms. The molecule has 0 unspecified atom stereocenters. The quantitative estimate of drug-likeness (QED) is 0.497. The van der Waals surface area contributed by atoms with Crippen molar-refractivity contribution in [3.63, 3.8) is 0 Å². The summed E-state index contributed by atoms with van der Waals surface area (Å²) in [5.74, 6) is 0.157. The number of thiazole rings is 1. The number of nitrogens with one attached hydrogen (secondary N) is 2. The minimum Gasteiger partial charge on any atom is -0.324 e.